The lowest BCUT2D eigenvalue weighted by Gasteiger charge is -2.28. The number of ether oxygens (including phenoxy) is 1. The minimum absolute atomic E-state index is 0.0738. The third kappa shape index (κ3) is 4.33. The zero-order valence-electron chi connectivity index (χ0n) is 15.6. The Hall–Kier alpha value is -1.47. The molecule has 0 radical (unpaired) electrons. The summed E-state index contributed by atoms with van der Waals surface area (Å²) in [7, 11) is 1.56. The van der Waals surface area contributed by atoms with Gasteiger partial charge in [0.05, 0.1) is 6.54 Å². The van der Waals surface area contributed by atoms with E-state index in [1.807, 2.05) is 6.92 Å². The number of likely N-dealkylation sites (tertiary alicyclic amines) is 1. The molecule has 1 fully saturated rings. The topological polar surface area (TPSA) is 80.5 Å². The number of amides is 1. The van der Waals surface area contributed by atoms with Crippen LogP contribution >= 0.6 is 0 Å². The normalized spacial score (nSPS) is 22.3. The van der Waals surface area contributed by atoms with E-state index in [1.165, 1.54) is 0 Å². The van der Waals surface area contributed by atoms with Crippen molar-refractivity contribution in [3.05, 3.63) is 11.7 Å². The fourth-order valence-corrected chi connectivity index (χ4v) is 3.00. The molecule has 1 aliphatic heterocycles. The molecule has 1 aromatic rings. The average molecular weight is 338 g/mol. The molecule has 1 amide bonds. The summed E-state index contributed by atoms with van der Waals surface area (Å²) in [5, 5.41) is 7.19. The summed E-state index contributed by atoms with van der Waals surface area (Å²) in [4.78, 5) is 19.1. The fourth-order valence-electron chi connectivity index (χ4n) is 3.00. The molecule has 0 aliphatic carbocycles. The molecule has 0 spiro atoms. The largest absolute Gasteiger partial charge is 0.369 e. The fraction of sp³-hybridized carbons (Fsp3) is 0.824. The number of methoxy groups -OCH3 is 1. The zero-order valence-corrected chi connectivity index (χ0v) is 15.6. The van der Waals surface area contributed by atoms with E-state index in [-0.39, 0.29) is 11.9 Å². The standard InChI is InChI=1S/C17H30N4O3/c1-7-15-19-14(20-24-15)10-21-8-12(11(2)3)13(9-21)18-16(22)17(4,5)23-6/h11-13H,7-10H2,1-6H3,(H,18,22)/t12-,13+/m1/s1. The van der Waals surface area contributed by atoms with Crippen LogP contribution in [-0.2, 0) is 22.5 Å². The highest BCUT2D eigenvalue weighted by molar-refractivity contribution is 5.84. The molecule has 136 valence electrons. The van der Waals surface area contributed by atoms with E-state index < -0.39 is 5.60 Å². The molecule has 0 saturated carbocycles. The predicted molar refractivity (Wildman–Crippen MR) is 90.3 cm³/mol. The Morgan fingerprint density at radius 3 is 2.71 bits per heavy atom. The van der Waals surface area contributed by atoms with E-state index in [0.717, 1.165) is 19.5 Å². The highest BCUT2D eigenvalue weighted by Crippen LogP contribution is 2.26. The lowest BCUT2D eigenvalue weighted by Crippen LogP contribution is -2.51. The molecule has 2 atom stereocenters. The molecule has 1 aromatic heterocycles. The predicted octanol–water partition coefficient (Wildman–Crippen LogP) is 1.63. The minimum Gasteiger partial charge on any atom is -0.369 e. The van der Waals surface area contributed by atoms with Gasteiger partial charge in [-0.2, -0.15) is 4.98 Å². The van der Waals surface area contributed by atoms with Crippen molar-refractivity contribution in [3.8, 4) is 0 Å². The number of carbonyl (C=O) groups excluding carboxylic acids is 1. The second-order valence-corrected chi connectivity index (χ2v) is 7.35. The molecule has 1 N–H and O–H groups in total. The summed E-state index contributed by atoms with van der Waals surface area (Å²) in [6.45, 7) is 12.3. The van der Waals surface area contributed by atoms with E-state index >= 15 is 0 Å². The number of hydrogen-bond acceptors (Lipinski definition) is 6. The number of hydrogen-bond donors (Lipinski definition) is 1. The van der Waals surface area contributed by atoms with Crippen molar-refractivity contribution < 1.29 is 14.1 Å². The maximum absolute atomic E-state index is 12.4. The molecule has 2 heterocycles. The SMILES string of the molecule is CCc1nc(CN2C[C@H](NC(=O)C(C)(C)OC)[C@@H](C(C)C)C2)no1. The van der Waals surface area contributed by atoms with Crippen molar-refractivity contribution in [2.24, 2.45) is 11.8 Å². The van der Waals surface area contributed by atoms with Gasteiger partial charge in [0.25, 0.3) is 5.91 Å². The van der Waals surface area contributed by atoms with Gasteiger partial charge in [-0.15, -0.1) is 0 Å². The van der Waals surface area contributed by atoms with Crippen LogP contribution in [0.25, 0.3) is 0 Å². The lowest BCUT2D eigenvalue weighted by atomic mass is 9.91. The molecule has 7 nitrogen and oxygen atoms in total. The van der Waals surface area contributed by atoms with Gasteiger partial charge in [0.1, 0.15) is 5.60 Å². The first-order valence-corrected chi connectivity index (χ1v) is 8.66. The highest BCUT2D eigenvalue weighted by atomic mass is 16.5. The Morgan fingerprint density at radius 1 is 1.46 bits per heavy atom. The third-order valence-corrected chi connectivity index (χ3v) is 4.85. The summed E-state index contributed by atoms with van der Waals surface area (Å²) in [5.74, 6) is 2.16. The maximum Gasteiger partial charge on any atom is 0.251 e. The molecule has 24 heavy (non-hydrogen) atoms. The molecule has 0 unspecified atom stereocenters. The van der Waals surface area contributed by atoms with Gasteiger partial charge in [-0.1, -0.05) is 25.9 Å². The number of nitrogens with one attached hydrogen (secondary N) is 1. The van der Waals surface area contributed by atoms with Crippen LogP contribution in [0.15, 0.2) is 4.52 Å². The van der Waals surface area contributed by atoms with Crippen LogP contribution in [0.2, 0.25) is 0 Å². The van der Waals surface area contributed by atoms with E-state index in [9.17, 15) is 4.79 Å². The first kappa shape index (κ1) is 18.9. The van der Waals surface area contributed by atoms with Crippen molar-refractivity contribution in [3.63, 3.8) is 0 Å². The van der Waals surface area contributed by atoms with Crippen molar-refractivity contribution in [1.29, 1.82) is 0 Å². The van der Waals surface area contributed by atoms with Crippen LogP contribution in [0, 0.1) is 11.8 Å². The van der Waals surface area contributed by atoms with E-state index in [2.05, 4.69) is 34.2 Å². The molecule has 1 saturated heterocycles. The second-order valence-electron chi connectivity index (χ2n) is 7.35. The number of nitrogens with zero attached hydrogens (tertiary/aromatic N) is 3. The smallest absolute Gasteiger partial charge is 0.251 e. The molecule has 7 heteroatoms. The quantitative estimate of drug-likeness (QED) is 0.814. The Kier molecular flexibility index (Phi) is 5.98. The van der Waals surface area contributed by atoms with Gasteiger partial charge in [-0.3, -0.25) is 9.69 Å². The maximum atomic E-state index is 12.4. The summed E-state index contributed by atoms with van der Waals surface area (Å²) in [6.07, 6.45) is 0.742. The van der Waals surface area contributed by atoms with Crippen LogP contribution in [-0.4, -0.2) is 52.8 Å². The molecule has 2 rings (SSSR count). The van der Waals surface area contributed by atoms with Crippen molar-refractivity contribution in [1.82, 2.24) is 20.4 Å². The van der Waals surface area contributed by atoms with E-state index in [0.29, 0.717) is 30.1 Å². The van der Waals surface area contributed by atoms with Crippen LogP contribution in [0.4, 0.5) is 0 Å². The van der Waals surface area contributed by atoms with E-state index in [1.54, 1.807) is 21.0 Å². The van der Waals surface area contributed by atoms with Crippen molar-refractivity contribution in [2.75, 3.05) is 20.2 Å². The Bertz CT molecular complexity index is 556. The molecule has 0 aromatic carbocycles. The van der Waals surface area contributed by atoms with Gasteiger partial charge >= 0.3 is 0 Å². The van der Waals surface area contributed by atoms with E-state index in [4.69, 9.17) is 9.26 Å². The molecule has 1 aliphatic rings. The first-order chi connectivity index (χ1) is 11.3. The van der Waals surface area contributed by atoms with Gasteiger partial charge in [-0.25, -0.2) is 0 Å². The molecule has 0 bridgehead atoms. The van der Waals surface area contributed by atoms with Gasteiger partial charge in [0.15, 0.2) is 5.82 Å². The summed E-state index contributed by atoms with van der Waals surface area (Å²) in [6, 6.07) is 0.101. The number of carbonyl (C=O) groups is 1. The van der Waals surface area contributed by atoms with Crippen LogP contribution in [0.1, 0.15) is 46.3 Å². The van der Waals surface area contributed by atoms with Crippen LogP contribution in [0.3, 0.4) is 0 Å². The summed E-state index contributed by atoms with van der Waals surface area (Å²) in [5.41, 5.74) is -0.821. The highest BCUT2D eigenvalue weighted by Gasteiger charge is 2.38. The Labute approximate surface area is 144 Å². The summed E-state index contributed by atoms with van der Waals surface area (Å²) >= 11 is 0. The Morgan fingerprint density at radius 2 is 2.17 bits per heavy atom. The second kappa shape index (κ2) is 7.61. The summed E-state index contributed by atoms with van der Waals surface area (Å²) < 4.78 is 10.5. The first-order valence-electron chi connectivity index (χ1n) is 8.66. The average Bonchev–Trinajstić information content (AvgIpc) is 3.14. The van der Waals surface area contributed by atoms with Crippen molar-refractivity contribution >= 4 is 5.91 Å². The van der Waals surface area contributed by atoms with Gasteiger partial charge in [0, 0.05) is 32.7 Å². The number of aryl methyl sites for hydroxylation is 1. The van der Waals surface area contributed by atoms with Crippen LogP contribution in [0.5, 0.6) is 0 Å². The lowest BCUT2D eigenvalue weighted by molar-refractivity contribution is -0.140. The molecular formula is C17H30N4O3. The minimum atomic E-state index is -0.821. The van der Waals surface area contributed by atoms with Crippen molar-refractivity contribution in [2.45, 2.75) is 59.2 Å². The zero-order chi connectivity index (χ0) is 17.9. The number of rotatable bonds is 7. The monoisotopic (exact) mass is 338 g/mol. The van der Waals surface area contributed by atoms with Gasteiger partial charge in [-0.05, 0) is 25.7 Å². The Balaban J connectivity index is 2.01. The molecular weight excluding hydrogens is 308 g/mol. The number of aromatic nitrogens is 2. The van der Waals surface area contributed by atoms with Crippen LogP contribution < -0.4 is 5.32 Å². The third-order valence-electron chi connectivity index (χ3n) is 4.85. The van der Waals surface area contributed by atoms with Gasteiger partial charge in [0.2, 0.25) is 5.89 Å². The van der Waals surface area contributed by atoms with Gasteiger partial charge < -0.3 is 14.6 Å².